The molecule has 2 aromatic carbocycles. The van der Waals surface area contributed by atoms with Crippen LogP contribution >= 0.6 is 0 Å². The van der Waals surface area contributed by atoms with E-state index in [9.17, 15) is 4.79 Å². The summed E-state index contributed by atoms with van der Waals surface area (Å²) in [5, 5.41) is 8.87. The van der Waals surface area contributed by atoms with Crippen molar-refractivity contribution in [3.63, 3.8) is 0 Å². The van der Waals surface area contributed by atoms with Crippen LogP contribution in [0.3, 0.4) is 0 Å². The first-order valence-electron chi connectivity index (χ1n) is 8.50. The number of ketones is 1. The Morgan fingerprint density at radius 3 is 2.81 bits per heavy atom. The molecule has 0 spiro atoms. The summed E-state index contributed by atoms with van der Waals surface area (Å²) in [5.41, 5.74) is 3.04. The molecule has 6 nitrogen and oxygen atoms in total. The van der Waals surface area contributed by atoms with Crippen LogP contribution in [0, 0.1) is 11.3 Å². The monoisotopic (exact) mass is 357 g/mol. The van der Waals surface area contributed by atoms with E-state index >= 15 is 0 Å². The molecule has 0 N–H and O–H groups in total. The highest BCUT2D eigenvalue weighted by molar-refractivity contribution is 5.99. The predicted octanol–water partition coefficient (Wildman–Crippen LogP) is 3.70. The van der Waals surface area contributed by atoms with Crippen molar-refractivity contribution in [2.24, 2.45) is 0 Å². The second-order valence-corrected chi connectivity index (χ2v) is 6.10. The molecule has 2 heterocycles. The molecule has 0 saturated heterocycles. The van der Waals surface area contributed by atoms with E-state index in [2.05, 4.69) is 16.0 Å². The van der Waals surface area contributed by atoms with Crippen molar-refractivity contribution in [3.8, 4) is 23.6 Å². The molecule has 1 aliphatic heterocycles. The van der Waals surface area contributed by atoms with Crippen molar-refractivity contribution < 1.29 is 14.3 Å². The number of nitrogens with zero attached hydrogens (tertiary/aromatic N) is 3. The average molecular weight is 357 g/mol. The fourth-order valence-corrected chi connectivity index (χ4v) is 2.84. The smallest absolute Gasteiger partial charge is 0.322 e. The minimum absolute atomic E-state index is 0.0727. The molecule has 0 amide bonds. The lowest BCUT2D eigenvalue weighted by Crippen LogP contribution is -2.15. The number of aromatic nitrogens is 2. The maximum absolute atomic E-state index is 11.9. The normalized spacial score (nSPS) is 12.6. The number of carbonyl (C=O) groups excluding carboxylic acids is 1. The number of Topliss-reactive ketones (excluding diaryl/α,β-unsaturated/α-hetero) is 1. The van der Waals surface area contributed by atoms with Crippen molar-refractivity contribution in [2.75, 3.05) is 6.61 Å². The molecular weight excluding hydrogens is 342 g/mol. The second kappa shape index (κ2) is 7.26. The van der Waals surface area contributed by atoms with E-state index in [1.165, 1.54) is 0 Å². The largest absolute Gasteiger partial charge is 0.492 e. The number of carbonyl (C=O) groups is 1. The van der Waals surface area contributed by atoms with Crippen molar-refractivity contribution in [1.29, 1.82) is 5.26 Å². The number of fused-ring (bicyclic) bond motifs is 1. The van der Waals surface area contributed by atoms with Gasteiger partial charge in [-0.25, -0.2) is 4.98 Å². The van der Waals surface area contributed by atoms with E-state index in [1.54, 1.807) is 36.5 Å². The van der Waals surface area contributed by atoms with Crippen LogP contribution in [0.5, 0.6) is 17.5 Å². The molecule has 6 heteroatoms. The third-order valence-corrected chi connectivity index (χ3v) is 4.21. The van der Waals surface area contributed by atoms with Crippen LogP contribution in [0.25, 0.3) is 0 Å². The zero-order valence-electron chi connectivity index (χ0n) is 14.4. The fraction of sp³-hybridized carbons (Fsp3) is 0.143. The highest BCUT2D eigenvalue weighted by atomic mass is 16.5. The molecule has 27 heavy (non-hydrogen) atoms. The Bertz CT molecular complexity index is 1040. The van der Waals surface area contributed by atoms with E-state index in [1.807, 2.05) is 18.2 Å². The molecule has 0 saturated carbocycles. The molecule has 0 radical (unpaired) electrons. The molecule has 3 aromatic rings. The van der Waals surface area contributed by atoms with Crippen LogP contribution in [0.1, 0.15) is 33.6 Å². The van der Waals surface area contributed by atoms with Gasteiger partial charge in [0.2, 0.25) is 0 Å². The van der Waals surface area contributed by atoms with Crippen molar-refractivity contribution in [1.82, 2.24) is 9.97 Å². The van der Waals surface area contributed by atoms with Crippen molar-refractivity contribution >= 4 is 5.78 Å². The van der Waals surface area contributed by atoms with Gasteiger partial charge in [-0.3, -0.25) is 4.79 Å². The predicted molar refractivity (Wildman–Crippen MR) is 97.0 cm³/mol. The van der Waals surface area contributed by atoms with Crippen LogP contribution in [0.4, 0.5) is 0 Å². The van der Waals surface area contributed by atoms with Gasteiger partial charge in [0.1, 0.15) is 11.5 Å². The van der Waals surface area contributed by atoms with Gasteiger partial charge in [-0.05, 0) is 35.9 Å². The lowest BCUT2D eigenvalue weighted by atomic mass is 10.1. The second-order valence-electron chi connectivity index (χ2n) is 6.10. The third kappa shape index (κ3) is 3.77. The molecule has 0 atom stereocenters. The molecule has 1 aromatic heterocycles. The molecular formula is C21H15N3O3. The summed E-state index contributed by atoms with van der Waals surface area (Å²) >= 11 is 0. The summed E-state index contributed by atoms with van der Waals surface area (Å²) in [6.07, 6.45) is 2.64. The maximum atomic E-state index is 11.9. The Hall–Kier alpha value is -3.72. The standard InChI is InChI=1S/C21H15N3O3/c22-13-15-3-1-14(2-4-15)11-16-7-9-23-21(24-16)27-17-5-6-18-19(25)8-10-26-20(18)12-17/h1-7,9,12H,8,10-11H2. The highest BCUT2D eigenvalue weighted by Crippen LogP contribution is 2.30. The number of nitriles is 1. The van der Waals surface area contributed by atoms with Gasteiger partial charge in [0, 0.05) is 25.1 Å². The lowest BCUT2D eigenvalue weighted by Gasteiger charge is -2.16. The molecule has 4 rings (SSSR count). The first-order chi connectivity index (χ1) is 13.2. The minimum atomic E-state index is 0.0727. The molecule has 1 aliphatic rings. The summed E-state index contributed by atoms with van der Waals surface area (Å²) in [5.74, 6) is 1.11. The molecule has 132 valence electrons. The summed E-state index contributed by atoms with van der Waals surface area (Å²) in [6.45, 7) is 0.381. The molecule has 0 unspecified atom stereocenters. The number of benzene rings is 2. The number of rotatable bonds is 4. The summed E-state index contributed by atoms with van der Waals surface area (Å²) in [4.78, 5) is 20.4. The summed E-state index contributed by atoms with van der Waals surface area (Å²) in [6, 6.07) is 16.6. The Kier molecular flexibility index (Phi) is 4.50. The summed E-state index contributed by atoms with van der Waals surface area (Å²) in [7, 11) is 0. The Morgan fingerprint density at radius 1 is 1.15 bits per heavy atom. The molecule has 0 bridgehead atoms. The zero-order chi connectivity index (χ0) is 18.6. The highest BCUT2D eigenvalue weighted by Gasteiger charge is 2.19. The first kappa shape index (κ1) is 16.7. The van der Waals surface area contributed by atoms with Gasteiger partial charge in [0.05, 0.1) is 29.5 Å². The van der Waals surface area contributed by atoms with Crippen LogP contribution in [-0.4, -0.2) is 22.4 Å². The van der Waals surface area contributed by atoms with Gasteiger partial charge in [0.25, 0.3) is 0 Å². The van der Waals surface area contributed by atoms with Crippen LogP contribution in [0.2, 0.25) is 0 Å². The van der Waals surface area contributed by atoms with Crippen molar-refractivity contribution in [3.05, 3.63) is 77.1 Å². The molecule has 0 fully saturated rings. The van der Waals surface area contributed by atoms with Gasteiger partial charge in [-0.1, -0.05) is 12.1 Å². The Labute approximate surface area is 156 Å². The number of hydrogen-bond donors (Lipinski definition) is 0. The number of hydrogen-bond acceptors (Lipinski definition) is 6. The first-order valence-corrected chi connectivity index (χ1v) is 8.50. The van der Waals surface area contributed by atoms with Crippen LogP contribution in [-0.2, 0) is 6.42 Å². The Morgan fingerprint density at radius 2 is 2.00 bits per heavy atom. The maximum Gasteiger partial charge on any atom is 0.322 e. The van der Waals surface area contributed by atoms with Gasteiger partial charge in [-0.15, -0.1) is 0 Å². The van der Waals surface area contributed by atoms with Crippen LogP contribution in [0.15, 0.2) is 54.7 Å². The lowest BCUT2D eigenvalue weighted by molar-refractivity contribution is 0.0933. The number of ether oxygens (including phenoxy) is 2. The fourth-order valence-electron chi connectivity index (χ4n) is 2.84. The van der Waals surface area contributed by atoms with E-state index < -0.39 is 0 Å². The van der Waals surface area contributed by atoms with E-state index in [0.29, 0.717) is 42.1 Å². The van der Waals surface area contributed by atoms with E-state index in [0.717, 1.165) is 11.3 Å². The summed E-state index contributed by atoms with van der Waals surface area (Å²) < 4.78 is 11.3. The minimum Gasteiger partial charge on any atom is -0.492 e. The average Bonchev–Trinajstić information content (AvgIpc) is 2.69. The van der Waals surface area contributed by atoms with E-state index in [-0.39, 0.29) is 11.8 Å². The topological polar surface area (TPSA) is 85.1 Å². The zero-order valence-corrected chi connectivity index (χ0v) is 14.4. The Balaban J connectivity index is 1.51. The van der Waals surface area contributed by atoms with Crippen molar-refractivity contribution in [2.45, 2.75) is 12.8 Å². The van der Waals surface area contributed by atoms with Gasteiger partial charge in [0.15, 0.2) is 5.78 Å². The third-order valence-electron chi connectivity index (χ3n) is 4.21. The van der Waals surface area contributed by atoms with Gasteiger partial charge < -0.3 is 9.47 Å². The SMILES string of the molecule is N#Cc1ccc(Cc2ccnc(Oc3ccc4c(c3)OCCC4=O)n2)cc1. The quantitative estimate of drug-likeness (QED) is 0.708. The van der Waals surface area contributed by atoms with E-state index in [4.69, 9.17) is 14.7 Å². The van der Waals surface area contributed by atoms with Gasteiger partial charge >= 0.3 is 6.01 Å². The molecule has 0 aliphatic carbocycles. The van der Waals surface area contributed by atoms with Crippen LogP contribution < -0.4 is 9.47 Å². The van der Waals surface area contributed by atoms with Gasteiger partial charge in [-0.2, -0.15) is 10.2 Å².